The minimum absolute atomic E-state index is 0.00484. The molecule has 0 unspecified atom stereocenters. The van der Waals surface area contributed by atoms with Crippen LogP contribution in [-0.4, -0.2) is 37.6 Å². The van der Waals surface area contributed by atoms with Crippen molar-refractivity contribution in [3.63, 3.8) is 0 Å². The van der Waals surface area contributed by atoms with E-state index in [9.17, 15) is 9.59 Å². The second-order valence-corrected chi connectivity index (χ2v) is 4.03. The quantitative estimate of drug-likeness (QED) is 0.644. The minimum Gasteiger partial charge on any atom is -0.467 e. The second-order valence-electron chi connectivity index (χ2n) is 4.03. The molecule has 0 aliphatic carbocycles. The lowest BCUT2D eigenvalue weighted by Gasteiger charge is -2.22. The van der Waals surface area contributed by atoms with Crippen molar-refractivity contribution >= 4 is 11.9 Å². The molecular formula is C11H22N2O3. The molecule has 5 nitrogen and oxygen atoms in total. The Balaban J connectivity index is 4.40. The summed E-state index contributed by atoms with van der Waals surface area (Å²) < 4.78 is 4.64. The summed E-state index contributed by atoms with van der Waals surface area (Å²) in [6, 6.07) is -0.894. The van der Waals surface area contributed by atoms with Gasteiger partial charge in [-0.05, 0) is 19.4 Å². The number of rotatable bonds is 6. The lowest BCUT2D eigenvalue weighted by Crippen LogP contribution is -2.51. The van der Waals surface area contributed by atoms with E-state index in [1.54, 1.807) is 6.92 Å². The molecule has 0 bridgehead atoms. The van der Waals surface area contributed by atoms with E-state index in [4.69, 9.17) is 0 Å². The molecule has 5 heteroatoms. The first-order valence-electron chi connectivity index (χ1n) is 5.55. The predicted octanol–water partition coefficient (Wildman–Crippen LogP) is 0.298. The number of likely N-dealkylation sites (N-methyl/N-ethyl adjacent to an activating group) is 1. The van der Waals surface area contributed by atoms with Gasteiger partial charge in [-0.3, -0.25) is 4.79 Å². The van der Waals surface area contributed by atoms with Crippen LogP contribution >= 0.6 is 0 Å². The van der Waals surface area contributed by atoms with Gasteiger partial charge in [-0.25, -0.2) is 4.79 Å². The molecule has 0 heterocycles. The Bertz CT molecular complexity index is 241. The summed E-state index contributed by atoms with van der Waals surface area (Å²) in [4.78, 5) is 23.1. The predicted molar refractivity (Wildman–Crippen MR) is 61.9 cm³/mol. The highest BCUT2D eigenvalue weighted by Gasteiger charge is 2.26. The summed E-state index contributed by atoms with van der Waals surface area (Å²) in [5.41, 5.74) is 0. The smallest absolute Gasteiger partial charge is 0.328 e. The van der Waals surface area contributed by atoms with Crippen LogP contribution in [0, 0.1) is 5.92 Å². The Morgan fingerprint density at radius 1 is 1.25 bits per heavy atom. The molecule has 0 saturated heterocycles. The molecule has 0 aliphatic heterocycles. The zero-order valence-corrected chi connectivity index (χ0v) is 10.7. The molecule has 0 saturated carbocycles. The second kappa shape index (κ2) is 7.22. The summed E-state index contributed by atoms with van der Waals surface area (Å²) in [7, 11) is 1.32. The van der Waals surface area contributed by atoms with Crippen molar-refractivity contribution < 1.29 is 14.3 Å². The topological polar surface area (TPSA) is 67.4 Å². The third-order valence-corrected chi connectivity index (χ3v) is 2.32. The molecule has 0 spiro atoms. The number of carbonyl (C=O) groups is 2. The molecule has 0 fully saturated rings. The van der Waals surface area contributed by atoms with E-state index >= 15 is 0 Å². The van der Waals surface area contributed by atoms with Gasteiger partial charge in [0.05, 0.1) is 13.2 Å². The highest BCUT2D eigenvalue weighted by Crippen LogP contribution is 2.03. The Morgan fingerprint density at radius 3 is 2.19 bits per heavy atom. The third kappa shape index (κ3) is 4.61. The Morgan fingerprint density at radius 2 is 1.81 bits per heavy atom. The maximum atomic E-state index is 11.7. The van der Waals surface area contributed by atoms with Gasteiger partial charge in [-0.1, -0.05) is 20.8 Å². The summed E-state index contributed by atoms with van der Waals surface area (Å²) in [5, 5.41) is 5.66. The van der Waals surface area contributed by atoms with Crippen LogP contribution < -0.4 is 10.6 Å². The fraction of sp³-hybridized carbons (Fsp3) is 0.818. The molecule has 0 aliphatic rings. The zero-order chi connectivity index (χ0) is 12.7. The van der Waals surface area contributed by atoms with Crippen LogP contribution in [0.5, 0.6) is 0 Å². The van der Waals surface area contributed by atoms with Gasteiger partial charge in [0.1, 0.15) is 6.04 Å². The number of nitrogens with one attached hydrogen (secondary N) is 2. The van der Waals surface area contributed by atoms with Gasteiger partial charge < -0.3 is 15.4 Å². The van der Waals surface area contributed by atoms with Crippen LogP contribution in [0.1, 0.15) is 27.7 Å². The Hall–Kier alpha value is -1.10. The van der Waals surface area contributed by atoms with Gasteiger partial charge in [0.2, 0.25) is 5.91 Å². The largest absolute Gasteiger partial charge is 0.467 e. The number of esters is 1. The Kier molecular flexibility index (Phi) is 6.72. The van der Waals surface area contributed by atoms with Crippen molar-refractivity contribution in [2.45, 2.75) is 39.8 Å². The van der Waals surface area contributed by atoms with Crippen LogP contribution in [0.15, 0.2) is 0 Å². The first kappa shape index (κ1) is 14.9. The number of carbonyl (C=O) groups excluding carboxylic acids is 2. The van der Waals surface area contributed by atoms with Crippen molar-refractivity contribution in [2.75, 3.05) is 13.7 Å². The maximum absolute atomic E-state index is 11.7. The minimum atomic E-state index is -0.585. The normalized spacial score (nSPS) is 14.4. The zero-order valence-electron chi connectivity index (χ0n) is 10.7. The van der Waals surface area contributed by atoms with Crippen molar-refractivity contribution in [1.82, 2.24) is 10.6 Å². The van der Waals surface area contributed by atoms with Crippen LogP contribution in [0.4, 0.5) is 0 Å². The molecule has 0 aromatic rings. The number of hydrogen-bond donors (Lipinski definition) is 2. The van der Waals surface area contributed by atoms with Crippen molar-refractivity contribution in [3.8, 4) is 0 Å². The standard InChI is InChI=1S/C11H22N2O3/c1-6-12-8(4)10(14)13-9(7(2)3)11(15)16-5/h7-9,12H,6H2,1-5H3,(H,13,14)/t8-,9-/m0/s1. The highest BCUT2D eigenvalue weighted by atomic mass is 16.5. The van der Waals surface area contributed by atoms with E-state index in [1.807, 2.05) is 20.8 Å². The fourth-order valence-corrected chi connectivity index (χ4v) is 1.30. The van der Waals surface area contributed by atoms with E-state index < -0.39 is 12.0 Å². The average molecular weight is 230 g/mol. The number of methoxy groups -OCH3 is 1. The monoisotopic (exact) mass is 230 g/mol. The molecule has 1 amide bonds. The van der Waals surface area contributed by atoms with Gasteiger partial charge in [-0.2, -0.15) is 0 Å². The Labute approximate surface area is 96.9 Å². The lowest BCUT2D eigenvalue weighted by molar-refractivity contribution is -0.146. The van der Waals surface area contributed by atoms with Gasteiger partial charge in [0.25, 0.3) is 0 Å². The van der Waals surface area contributed by atoms with Gasteiger partial charge in [0, 0.05) is 0 Å². The summed E-state index contributed by atoms with van der Waals surface area (Å²) in [5.74, 6) is -0.594. The van der Waals surface area contributed by atoms with Crippen LogP contribution in [0.25, 0.3) is 0 Å². The fourth-order valence-electron chi connectivity index (χ4n) is 1.30. The molecule has 16 heavy (non-hydrogen) atoms. The summed E-state index contributed by atoms with van der Waals surface area (Å²) >= 11 is 0. The first-order chi connectivity index (χ1) is 7.43. The van der Waals surface area contributed by atoms with E-state index in [0.29, 0.717) is 6.54 Å². The molecule has 0 rings (SSSR count). The van der Waals surface area contributed by atoms with Crippen LogP contribution in [0.2, 0.25) is 0 Å². The molecule has 0 aromatic carbocycles. The average Bonchev–Trinajstić information content (AvgIpc) is 2.24. The lowest BCUT2D eigenvalue weighted by atomic mass is 10.0. The van der Waals surface area contributed by atoms with E-state index in [-0.39, 0.29) is 17.9 Å². The summed E-state index contributed by atoms with van der Waals surface area (Å²) in [6.45, 7) is 8.11. The van der Waals surface area contributed by atoms with Crippen molar-refractivity contribution in [2.24, 2.45) is 5.92 Å². The number of ether oxygens (including phenoxy) is 1. The SMILES string of the molecule is CCN[C@@H](C)C(=O)N[C@H](C(=O)OC)C(C)C. The number of hydrogen-bond acceptors (Lipinski definition) is 4. The molecule has 2 N–H and O–H groups in total. The van der Waals surface area contributed by atoms with Gasteiger partial charge >= 0.3 is 5.97 Å². The summed E-state index contributed by atoms with van der Waals surface area (Å²) in [6.07, 6.45) is 0. The van der Waals surface area contributed by atoms with E-state index in [1.165, 1.54) is 7.11 Å². The first-order valence-corrected chi connectivity index (χ1v) is 5.55. The molecule has 0 radical (unpaired) electrons. The van der Waals surface area contributed by atoms with E-state index in [0.717, 1.165) is 0 Å². The van der Waals surface area contributed by atoms with Crippen LogP contribution in [0.3, 0.4) is 0 Å². The number of amides is 1. The van der Waals surface area contributed by atoms with Crippen molar-refractivity contribution in [1.29, 1.82) is 0 Å². The molecular weight excluding hydrogens is 208 g/mol. The van der Waals surface area contributed by atoms with E-state index in [2.05, 4.69) is 15.4 Å². The maximum Gasteiger partial charge on any atom is 0.328 e. The third-order valence-electron chi connectivity index (χ3n) is 2.32. The molecule has 0 aromatic heterocycles. The molecule has 2 atom stereocenters. The van der Waals surface area contributed by atoms with Crippen molar-refractivity contribution in [3.05, 3.63) is 0 Å². The van der Waals surface area contributed by atoms with Gasteiger partial charge in [-0.15, -0.1) is 0 Å². The van der Waals surface area contributed by atoms with Crippen LogP contribution in [-0.2, 0) is 14.3 Å². The van der Waals surface area contributed by atoms with Gasteiger partial charge in [0.15, 0.2) is 0 Å². The highest BCUT2D eigenvalue weighted by molar-refractivity contribution is 5.87. The molecule has 94 valence electrons.